The molecule has 0 unspecified atom stereocenters. The van der Waals surface area contributed by atoms with E-state index in [2.05, 4.69) is 15.9 Å². The molecule has 0 aliphatic carbocycles. The molecule has 5 heteroatoms. The number of benzene rings is 1. The van der Waals surface area contributed by atoms with E-state index >= 15 is 0 Å². The quantitative estimate of drug-likeness (QED) is 0.837. The zero-order valence-corrected chi connectivity index (χ0v) is 8.82. The highest BCUT2D eigenvalue weighted by atomic mass is 79.9. The number of alkyl halides is 1. The number of halogens is 4. The predicted molar refractivity (Wildman–Crippen MR) is 51.6 cm³/mol. The minimum atomic E-state index is -0.947. The molecule has 0 fully saturated rings. The highest BCUT2D eigenvalue weighted by Gasteiger charge is 2.18. The third kappa shape index (κ3) is 2.27. The van der Waals surface area contributed by atoms with E-state index in [1.807, 2.05) is 0 Å². The van der Waals surface area contributed by atoms with E-state index in [4.69, 9.17) is 5.73 Å². The number of hydrogen-bond donors (Lipinski definition) is 1. The number of nitrogens with two attached hydrogens (primary N) is 1. The lowest BCUT2D eigenvalue weighted by molar-refractivity contribution is 0.425. The molecule has 1 nitrogen and oxygen atoms in total. The standard InChI is InChI=1S/C9H9BrF3N/c10-5-1-2-6(12)8(9(5)13)7(14)3-4-11/h1-2,7H,3-4,14H2/t7-/m0/s1. The second-order valence-corrected chi connectivity index (χ2v) is 3.70. The first-order valence-corrected chi connectivity index (χ1v) is 4.82. The van der Waals surface area contributed by atoms with Crippen molar-refractivity contribution in [3.8, 4) is 0 Å². The molecule has 0 aromatic heterocycles. The van der Waals surface area contributed by atoms with Crippen LogP contribution in [0.15, 0.2) is 16.6 Å². The summed E-state index contributed by atoms with van der Waals surface area (Å²) in [6, 6.07) is 1.40. The van der Waals surface area contributed by atoms with Crippen LogP contribution in [-0.4, -0.2) is 6.67 Å². The number of rotatable bonds is 3. The molecule has 0 aliphatic rings. The van der Waals surface area contributed by atoms with Gasteiger partial charge in [0.1, 0.15) is 11.6 Å². The van der Waals surface area contributed by atoms with Gasteiger partial charge >= 0.3 is 0 Å². The van der Waals surface area contributed by atoms with Crippen LogP contribution >= 0.6 is 15.9 Å². The van der Waals surface area contributed by atoms with Crippen molar-refractivity contribution in [1.29, 1.82) is 0 Å². The summed E-state index contributed by atoms with van der Waals surface area (Å²) in [5.74, 6) is -1.50. The van der Waals surface area contributed by atoms with Crippen LogP contribution in [0.25, 0.3) is 0 Å². The van der Waals surface area contributed by atoms with Gasteiger partial charge in [-0.05, 0) is 34.5 Å². The Morgan fingerprint density at radius 1 is 1.36 bits per heavy atom. The van der Waals surface area contributed by atoms with Crippen LogP contribution in [-0.2, 0) is 0 Å². The van der Waals surface area contributed by atoms with E-state index in [-0.39, 0.29) is 16.5 Å². The molecule has 14 heavy (non-hydrogen) atoms. The summed E-state index contributed by atoms with van der Waals surface area (Å²) in [7, 11) is 0. The molecule has 1 aromatic carbocycles. The molecule has 1 aromatic rings. The summed E-state index contributed by atoms with van der Waals surface area (Å²) in [6.07, 6.45) is -0.0930. The molecule has 0 saturated carbocycles. The smallest absolute Gasteiger partial charge is 0.145 e. The average Bonchev–Trinajstić information content (AvgIpc) is 2.13. The van der Waals surface area contributed by atoms with E-state index in [1.54, 1.807) is 0 Å². The molecule has 0 saturated heterocycles. The zero-order chi connectivity index (χ0) is 10.7. The van der Waals surface area contributed by atoms with Crippen LogP contribution in [0.1, 0.15) is 18.0 Å². The van der Waals surface area contributed by atoms with Crippen LogP contribution in [0.5, 0.6) is 0 Å². The normalized spacial score (nSPS) is 12.9. The van der Waals surface area contributed by atoms with E-state index < -0.39 is 24.4 Å². The molecular weight excluding hydrogens is 259 g/mol. The maximum Gasteiger partial charge on any atom is 0.145 e. The molecular formula is C9H9BrF3N. The maximum absolute atomic E-state index is 13.3. The van der Waals surface area contributed by atoms with Crippen LogP contribution in [0.2, 0.25) is 0 Å². The van der Waals surface area contributed by atoms with E-state index in [1.165, 1.54) is 6.07 Å². The Bertz CT molecular complexity index is 330. The van der Waals surface area contributed by atoms with Crippen molar-refractivity contribution in [3.05, 3.63) is 33.8 Å². The van der Waals surface area contributed by atoms with Gasteiger partial charge in [-0.2, -0.15) is 0 Å². The van der Waals surface area contributed by atoms with Crippen LogP contribution in [0, 0.1) is 11.6 Å². The Kier molecular flexibility index (Phi) is 3.95. The fourth-order valence-electron chi connectivity index (χ4n) is 1.14. The second-order valence-electron chi connectivity index (χ2n) is 2.84. The molecule has 0 spiro atoms. The Morgan fingerprint density at radius 2 is 2.00 bits per heavy atom. The third-order valence-corrected chi connectivity index (χ3v) is 2.48. The topological polar surface area (TPSA) is 26.0 Å². The molecule has 1 rings (SSSR count). The first-order chi connectivity index (χ1) is 6.57. The lowest BCUT2D eigenvalue weighted by Gasteiger charge is -2.12. The Morgan fingerprint density at radius 3 is 2.57 bits per heavy atom. The predicted octanol–water partition coefficient (Wildman–Crippen LogP) is 3.09. The van der Waals surface area contributed by atoms with E-state index in [9.17, 15) is 13.2 Å². The molecule has 1 atom stereocenters. The van der Waals surface area contributed by atoms with Crippen molar-refractivity contribution in [1.82, 2.24) is 0 Å². The van der Waals surface area contributed by atoms with Gasteiger partial charge in [-0.3, -0.25) is 4.39 Å². The Labute approximate surface area is 88.2 Å². The lowest BCUT2D eigenvalue weighted by atomic mass is 10.0. The molecule has 0 radical (unpaired) electrons. The second kappa shape index (κ2) is 4.79. The molecule has 0 heterocycles. The maximum atomic E-state index is 13.3. The van der Waals surface area contributed by atoms with Crippen molar-refractivity contribution in [2.75, 3.05) is 6.67 Å². The highest BCUT2D eigenvalue weighted by molar-refractivity contribution is 9.10. The van der Waals surface area contributed by atoms with Crippen molar-refractivity contribution in [3.63, 3.8) is 0 Å². The monoisotopic (exact) mass is 267 g/mol. The van der Waals surface area contributed by atoms with Gasteiger partial charge < -0.3 is 5.73 Å². The first kappa shape index (κ1) is 11.5. The van der Waals surface area contributed by atoms with Crippen LogP contribution in [0.3, 0.4) is 0 Å². The largest absolute Gasteiger partial charge is 0.324 e. The fourth-order valence-corrected chi connectivity index (χ4v) is 1.49. The van der Waals surface area contributed by atoms with Gasteiger partial charge in [-0.1, -0.05) is 0 Å². The summed E-state index contributed by atoms with van der Waals surface area (Å²) in [5, 5.41) is 0. The summed E-state index contributed by atoms with van der Waals surface area (Å²) >= 11 is 2.91. The van der Waals surface area contributed by atoms with Gasteiger partial charge in [0.15, 0.2) is 0 Å². The molecule has 0 aliphatic heterocycles. The summed E-state index contributed by atoms with van der Waals surface area (Å²) in [6.45, 7) is -0.702. The van der Waals surface area contributed by atoms with E-state index in [0.29, 0.717) is 0 Å². The van der Waals surface area contributed by atoms with Crippen molar-refractivity contribution >= 4 is 15.9 Å². The summed E-state index contributed by atoms with van der Waals surface area (Å²) in [5.41, 5.74) is 5.17. The first-order valence-electron chi connectivity index (χ1n) is 4.03. The SMILES string of the molecule is N[C@@H](CCF)c1c(F)ccc(Br)c1F. The van der Waals surface area contributed by atoms with Gasteiger partial charge in [-0.15, -0.1) is 0 Å². The Hall–Kier alpha value is -0.550. The van der Waals surface area contributed by atoms with Gasteiger partial charge in [0.05, 0.1) is 11.1 Å². The highest BCUT2D eigenvalue weighted by Crippen LogP contribution is 2.26. The minimum Gasteiger partial charge on any atom is -0.324 e. The van der Waals surface area contributed by atoms with Crippen molar-refractivity contribution in [2.24, 2.45) is 5.73 Å². The van der Waals surface area contributed by atoms with Crippen LogP contribution < -0.4 is 5.73 Å². The average molecular weight is 268 g/mol. The summed E-state index contributed by atoms with van der Waals surface area (Å²) in [4.78, 5) is 0. The fraction of sp³-hybridized carbons (Fsp3) is 0.333. The Balaban J connectivity index is 3.11. The lowest BCUT2D eigenvalue weighted by Crippen LogP contribution is -2.15. The van der Waals surface area contributed by atoms with Gasteiger partial charge in [0, 0.05) is 11.6 Å². The third-order valence-electron chi connectivity index (χ3n) is 1.87. The van der Waals surface area contributed by atoms with E-state index in [0.717, 1.165) is 6.07 Å². The van der Waals surface area contributed by atoms with Gasteiger partial charge in [0.2, 0.25) is 0 Å². The van der Waals surface area contributed by atoms with Gasteiger partial charge in [0.25, 0.3) is 0 Å². The zero-order valence-electron chi connectivity index (χ0n) is 7.24. The number of hydrogen-bond acceptors (Lipinski definition) is 1. The van der Waals surface area contributed by atoms with Crippen molar-refractivity contribution < 1.29 is 13.2 Å². The molecule has 78 valence electrons. The molecule has 0 bridgehead atoms. The summed E-state index contributed by atoms with van der Waals surface area (Å²) < 4.78 is 38.6. The minimum absolute atomic E-state index is 0.0930. The molecule has 2 N–H and O–H groups in total. The van der Waals surface area contributed by atoms with Crippen molar-refractivity contribution in [2.45, 2.75) is 12.5 Å². The van der Waals surface area contributed by atoms with Gasteiger partial charge in [-0.25, -0.2) is 8.78 Å². The molecule has 0 amide bonds. The van der Waals surface area contributed by atoms with Crippen LogP contribution in [0.4, 0.5) is 13.2 Å².